The molecule has 28 heavy (non-hydrogen) atoms. The van der Waals surface area contributed by atoms with Gasteiger partial charge in [-0.1, -0.05) is 5.16 Å². The Hall–Kier alpha value is -3.00. The Morgan fingerprint density at radius 3 is 2.61 bits per heavy atom. The molecule has 0 bridgehead atoms. The number of ether oxygens (including phenoxy) is 1. The van der Waals surface area contributed by atoms with Gasteiger partial charge in [0.15, 0.2) is 5.69 Å². The van der Waals surface area contributed by atoms with Crippen LogP contribution in [0.25, 0.3) is 23.0 Å². The van der Waals surface area contributed by atoms with Crippen LogP contribution in [-0.4, -0.2) is 58.5 Å². The average Bonchev–Trinajstić information content (AvgIpc) is 3.44. The number of anilines is 1. The highest BCUT2D eigenvalue weighted by atomic mass is 16.5. The molecule has 8 nitrogen and oxygen atoms in total. The van der Waals surface area contributed by atoms with Crippen molar-refractivity contribution in [3.63, 3.8) is 0 Å². The maximum atomic E-state index is 5.34. The van der Waals surface area contributed by atoms with Crippen LogP contribution in [0.15, 0.2) is 40.9 Å². The van der Waals surface area contributed by atoms with Gasteiger partial charge in [0.05, 0.1) is 7.11 Å². The van der Waals surface area contributed by atoms with E-state index >= 15 is 0 Å². The van der Waals surface area contributed by atoms with Gasteiger partial charge in [0, 0.05) is 12.1 Å². The van der Waals surface area contributed by atoms with Crippen LogP contribution >= 0.6 is 0 Å². The van der Waals surface area contributed by atoms with E-state index in [1.54, 1.807) is 7.11 Å². The van der Waals surface area contributed by atoms with E-state index in [1.807, 2.05) is 36.4 Å². The van der Waals surface area contributed by atoms with Gasteiger partial charge in [-0.3, -0.25) is 0 Å². The van der Waals surface area contributed by atoms with Crippen LogP contribution in [0.5, 0.6) is 5.75 Å². The summed E-state index contributed by atoms with van der Waals surface area (Å²) in [6.45, 7) is 4.48. The minimum absolute atomic E-state index is 0.346. The lowest BCUT2D eigenvalue weighted by molar-refractivity contribution is 0.337. The lowest BCUT2D eigenvalue weighted by Crippen LogP contribution is -2.22. The van der Waals surface area contributed by atoms with Gasteiger partial charge in [-0.15, -0.1) is 10.2 Å². The molecule has 146 valence electrons. The molecule has 0 atom stereocenters. The Balaban J connectivity index is 1.32. The zero-order valence-electron chi connectivity index (χ0n) is 16.0. The monoisotopic (exact) mass is 380 g/mol. The average molecular weight is 380 g/mol. The molecule has 0 spiro atoms. The van der Waals surface area contributed by atoms with Gasteiger partial charge in [0.1, 0.15) is 11.6 Å². The van der Waals surface area contributed by atoms with Crippen molar-refractivity contribution in [3.8, 4) is 28.7 Å². The molecule has 4 rings (SSSR count). The van der Waals surface area contributed by atoms with Crippen molar-refractivity contribution in [2.75, 3.05) is 38.6 Å². The molecular weight excluding hydrogens is 356 g/mol. The van der Waals surface area contributed by atoms with Gasteiger partial charge < -0.3 is 19.5 Å². The molecule has 1 aliphatic heterocycles. The first-order valence-corrected chi connectivity index (χ1v) is 9.60. The third-order valence-electron chi connectivity index (χ3n) is 4.81. The number of hydrogen-bond acceptors (Lipinski definition) is 8. The molecule has 1 N–H and O–H groups in total. The zero-order valence-corrected chi connectivity index (χ0v) is 16.0. The minimum atomic E-state index is 0.346. The minimum Gasteiger partial charge on any atom is -0.497 e. The summed E-state index contributed by atoms with van der Waals surface area (Å²) >= 11 is 0. The number of nitrogens with one attached hydrogen (secondary N) is 1. The second-order valence-corrected chi connectivity index (χ2v) is 6.78. The zero-order chi connectivity index (χ0) is 19.2. The normalized spacial score (nSPS) is 14.3. The van der Waals surface area contributed by atoms with Crippen molar-refractivity contribution in [1.82, 2.24) is 25.2 Å². The number of likely N-dealkylation sites (tertiary alicyclic amines) is 1. The Bertz CT molecular complexity index is 872. The van der Waals surface area contributed by atoms with Crippen molar-refractivity contribution >= 4 is 5.82 Å². The van der Waals surface area contributed by atoms with Crippen molar-refractivity contribution in [1.29, 1.82) is 0 Å². The molecule has 1 fully saturated rings. The summed E-state index contributed by atoms with van der Waals surface area (Å²) < 4.78 is 10.5. The number of rotatable bonds is 8. The SMILES string of the molecule is COc1ccc(-c2noc(-c3ccc(NCCCN4CCCC4)nn3)n2)cc1. The van der Waals surface area contributed by atoms with E-state index in [0.29, 0.717) is 17.4 Å². The molecule has 3 heterocycles. The van der Waals surface area contributed by atoms with E-state index < -0.39 is 0 Å². The fourth-order valence-electron chi connectivity index (χ4n) is 3.25. The Morgan fingerprint density at radius 2 is 1.89 bits per heavy atom. The first kappa shape index (κ1) is 18.4. The quantitative estimate of drug-likeness (QED) is 0.596. The fourth-order valence-corrected chi connectivity index (χ4v) is 3.25. The van der Waals surface area contributed by atoms with Gasteiger partial charge in [-0.25, -0.2) is 0 Å². The number of nitrogens with zero attached hydrogens (tertiary/aromatic N) is 5. The summed E-state index contributed by atoms with van der Waals surface area (Å²) in [5, 5.41) is 15.7. The molecule has 1 saturated heterocycles. The highest BCUT2D eigenvalue weighted by Gasteiger charge is 2.13. The van der Waals surface area contributed by atoms with Crippen molar-refractivity contribution < 1.29 is 9.26 Å². The van der Waals surface area contributed by atoms with Crippen molar-refractivity contribution in [2.45, 2.75) is 19.3 Å². The van der Waals surface area contributed by atoms with Crippen LogP contribution in [0.2, 0.25) is 0 Å². The van der Waals surface area contributed by atoms with Crippen molar-refractivity contribution in [3.05, 3.63) is 36.4 Å². The maximum absolute atomic E-state index is 5.34. The Kier molecular flexibility index (Phi) is 5.77. The van der Waals surface area contributed by atoms with Crippen LogP contribution in [0.1, 0.15) is 19.3 Å². The topological polar surface area (TPSA) is 89.2 Å². The van der Waals surface area contributed by atoms with E-state index in [2.05, 4.69) is 30.6 Å². The van der Waals surface area contributed by atoms with Crippen LogP contribution in [0, 0.1) is 0 Å². The fraction of sp³-hybridized carbons (Fsp3) is 0.400. The van der Waals surface area contributed by atoms with Gasteiger partial charge in [0.2, 0.25) is 5.82 Å². The predicted molar refractivity (Wildman–Crippen MR) is 106 cm³/mol. The summed E-state index contributed by atoms with van der Waals surface area (Å²) in [7, 11) is 1.63. The van der Waals surface area contributed by atoms with Crippen molar-refractivity contribution in [2.24, 2.45) is 0 Å². The highest BCUT2D eigenvalue weighted by Crippen LogP contribution is 2.23. The first-order chi connectivity index (χ1) is 13.8. The number of aromatic nitrogens is 4. The second-order valence-electron chi connectivity index (χ2n) is 6.78. The van der Waals surface area contributed by atoms with E-state index in [1.165, 1.54) is 25.9 Å². The molecular formula is C20H24N6O2. The van der Waals surface area contributed by atoms with Crippen LogP contribution in [0.4, 0.5) is 5.82 Å². The van der Waals surface area contributed by atoms with Crippen LogP contribution in [-0.2, 0) is 0 Å². The molecule has 0 aliphatic carbocycles. The highest BCUT2D eigenvalue weighted by molar-refractivity contribution is 5.59. The van der Waals surface area contributed by atoms with E-state index in [9.17, 15) is 0 Å². The molecule has 0 unspecified atom stereocenters. The number of methoxy groups -OCH3 is 1. The summed E-state index contributed by atoms with van der Waals surface area (Å²) in [6, 6.07) is 11.2. The molecule has 8 heteroatoms. The molecule has 1 aliphatic rings. The molecule has 0 radical (unpaired) electrons. The smallest absolute Gasteiger partial charge is 0.278 e. The van der Waals surface area contributed by atoms with Gasteiger partial charge in [0.25, 0.3) is 5.89 Å². The lowest BCUT2D eigenvalue weighted by atomic mass is 10.2. The van der Waals surface area contributed by atoms with Crippen LogP contribution < -0.4 is 10.1 Å². The summed E-state index contributed by atoms with van der Waals surface area (Å²) in [6.07, 6.45) is 3.75. The van der Waals surface area contributed by atoms with E-state index in [0.717, 1.165) is 36.6 Å². The molecule has 2 aromatic heterocycles. The largest absolute Gasteiger partial charge is 0.497 e. The molecule has 0 amide bonds. The standard InChI is InChI=1S/C20H24N6O2/c1-27-16-7-5-15(6-8-16)19-22-20(28-25-19)17-9-10-18(24-23-17)21-11-4-14-26-12-2-3-13-26/h5-10H,2-4,11-14H2,1H3,(H,21,24). The third kappa shape index (κ3) is 4.45. The third-order valence-corrected chi connectivity index (χ3v) is 4.81. The number of hydrogen-bond donors (Lipinski definition) is 1. The Morgan fingerprint density at radius 1 is 1.07 bits per heavy atom. The van der Waals surface area contributed by atoms with E-state index in [-0.39, 0.29) is 0 Å². The van der Waals surface area contributed by atoms with Gasteiger partial charge in [-0.2, -0.15) is 4.98 Å². The summed E-state index contributed by atoms with van der Waals surface area (Å²) in [5.41, 5.74) is 1.40. The molecule has 0 saturated carbocycles. The molecule has 1 aromatic carbocycles. The summed E-state index contributed by atoms with van der Waals surface area (Å²) in [4.78, 5) is 6.91. The lowest BCUT2D eigenvalue weighted by Gasteiger charge is -2.14. The second kappa shape index (κ2) is 8.79. The predicted octanol–water partition coefficient (Wildman–Crippen LogP) is 3.10. The van der Waals surface area contributed by atoms with Crippen LogP contribution in [0.3, 0.4) is 0 Å². The molecule has 3 aromatic rings. The first-order valence-electron chi connectivity index (χ1n) is 9.60. The van der Waals surface area contributed by atoms with E-state index in [4.69, 9.17) is 9.26 Å². The van der Waals surface area contributed by atoms with Gasteiger partial charge >= 0.3 is 0 Å². The van der Waals surface area contributed by atoms with Gasteiger partial charge in [-0.05, 0) is 75.3 Å². The number of benzene rings is 1. The Labute approximate surface area is 163 Å². The maximum Gasteiger partial charge on any atom is 0.278 e. The summed E-state index contributed by atoms with van der Waals surface area (Å²) in [5.74, 6) is 2.38.